The molecule has 0 unspecified atom stereocenters. The van der Waals surface area contributed by atoms with E-state index in [9.17, 15) is 18.0 Å². The Bertz CT molecular complexity index is 857. The first-order valence-corrected chi connectivity index (χ1v) is 6.90. The Morgan fingerprint density at radius 1 is 1.12 bits per heavy atom. The number of benzene rings is 2. The number of alkyl halides is 3. The molecule has 0 aliphatic rings. The van der Waals surface area contributed by atoms with Crippen molar-refractivity contribution in [2.45, 2.75) is 12.8 Å². The summed E-state index contributed by atoms with van der Waals surface area (Å²) in [7, 11) is 0. The number of carbonyl (C=O) groups is 1. The number of halogens is 3. The van der Waals surface area contributed by atoms with Crippen LogP contribution in [0.2, 0.25) is 0 Å². The third-order valence-corrected chi connectivity index (χ3v) is 3.15. The topological polar surface area (TPSA) is 64.4 Å². The van der Waals surface area contributed by atoms with E-state index in [0.29, 0.717) is 17.0 Å². The summed E-state index contributed by atoms with van der Waals surface area (Å²) in [6, 6.07) is 12.0. The van der Waals surface area contributed by atoms with Crippen LogP contribution in [0.4, 0.5) is 18.9 Å². The molecule has 0 fully saturated rings. The molecule has 24 heavy (non-hydrogen) atoms. The van der Waals surface area contributed by atoms with Gasteiger partial charge in [0.15, 0.2) is 5.58 Å². The van der Waals surface area contributed by atoms with Gasteiger partial charge >= 0.3 is 6.36 Å². The van der Waals surface area contributed by atoms with Gasteiger partial charge in [-0.25, -0.2) is 0 Å². The first kappa shape index (κ1) is 15.9. The zero-order chi connectivity index (χ0) is 17.2. The van der Waals surface area contributed by atoms with Gasteiger partial charge in [-0.2, -0.15) is 0 Å². The average molecular weight is 336 g/mol. The molecule has 1 N–H and O–H groups in total. The Morgan fingerprint density at radius 3 is 2.54 bits per heavy atom. The normalized spacial score (nSPS) is 11.5. The standard InChI is InChI=1S/C16H11F3N2O3/c17-16(18,19)23-11-7-5-10(6-8-11)20-15(22)9-13-12-3-1-2-4-14(12)24-21-13/h1-8H,9H2,(H,20,22). The summed E-state index contributed by atoms with van der Waals surface area (Å²) in [6.07, 6.45) is -4.77. The van der Waals surface area contributed by atoms with Crippen LogP contribution in [0, 0.1) is 0 Å². The third-order valence-electron chi connectivity index (χ3n) is 3.15. The second-order valence-electron chi connectivity index (χ2n) is 4.92. The number of amides is 1. The minimum atomic E-state index is -4.75. The second-order valence-corrected chi connectivity index (χ2v) is 4.92. The molecule has 0 radical (unpaired) electrons. The van der Waals surface area contributed by atoms with E-state index in [2.05, 4.69) is 15.2 Å². The maximum atomic E-state index is 12.1. The molecule has 0 saturated heterocycles. The molecule has 0 spiro atoms. The fourth-order valence-electron chi connectivity index (χ4n) is 2.16. The highest BCUT2D eigenvalue weighted by atomic mass is 19.4. The summed E-state index contributed by atoms with van der Waals surface area (Å²) in [6.45, 7) is 0. The van der Waals surface area contributed by atoms with E-state index in [0.717, 1.165) is 17.5 Å². The maximum Gasteiger partial charge on any atom is 0.573 e. The van der Waals surface area contributed by atoms with Gasteiger partial charge in [-0.1, -0.05) is 17.3 Å². The molecular formula is C16H11F3N2O3. The fourth-order valence-corrected chi connectivity index (χ4v) is 2.16. The van der Waals surface area contributed by atoms with Crippen molar-refractivity contribution in [1.29, 1.82) is 0 Å². The molecule has 1 amide bonds. The molecule has 0 atom stereocenters. The van der Waals surface area contributed by atoms with Gasteiger partial charge < -0.3 is 14.6 Å². The van der Waals surface area contributed by atoms with Gasteiger partial charge in [-0.3, -0.25) is 4.79 Å². The number of nitrogens with one attached hydrogen (secondary N) is 1. The molecule has 5 nitrogen and oxygen atoms in total. The van der Waals surface area contributed by atoms with E-state index < -0.39 is 6.36 Å². The van der Waals surface area contributed by atoms with Crippen LogP contribution in [-0.4, -0.2) is 17.4 Å². The van der Waals surface area contributed by atoms with Crippen LogP contribution in [-0.2, 0) is 11.2 Å². The lowest BCUT2D eigenvalue weighted by atomic mass is 10.1. The van der Waals surface area contributed by atoms with Crippen molar-refractivity contribution >= 4 is 22.6 Å². The molecule has 124 valence electrons. The monoisotopic (exact) mass is 336 g/mol. The van der Waals surface area contributed by atoms with Crippen LogP contribution in [0.25, 0.3) is 11.0 Å². The third kappa shape index (κ3) is 3.83. The van der Waals surface area contributed by atoms with Crippen LogP contribution in [0.1, 0.15) is 5.69 Å². The number of nitrogens with zero attached hydrogens (tertiary/aromatic N) is 1. The number of carbonyl (C=O) groups excluding carboxylic acids is 1. The lowest BCUT2D eigenvalue weighted by molar-refractivity contribution is -0.274. The van der Waals surface area contributed by atoms with Crippen molar-refractivity contribution in [3.8, 4) is 5.75 Å². The van der Waals surface area contributed by atoms with Gasteiger partial charge in [-0.05, 0) is 36.4 Å². The van der Waals surface area contributed by atoms with Crippen molar-refractivity contribution in [2.75, 3.05) is 5.32 Å². The lowest BCUT2D eigenvalue weighted by Gasteiger charge is -2.09. The van der Waals surface area contributed by atoms with E-state index in [-0.39, 0.29) is 18.1 Å². The molecule has 1 heterocycles. The van der Waals surface area contributed by atoms with Crippen LogP contribution in [0.15, 0.2) is 53.1 Å². The number of rotatable bonds is 4. The first-order chi connectivity index (χ1) is 11.4. The zero-order valence-electron chi connectivity index (χ0n) is 12.1. The Morgan fingerprint density at radius 2 is 1.83 bits per heavy atom. The molecule has 0 saturated carbocycles. The first-order valence-electron chi connectivity index (χ1n) is 6.90. The van der Waals surface area contributed by atoms with Crippen molar-refractivity contribution in [3.63, 3.8) is 0 Å². The predicted octanol–water partition coefficient (Wildman–Crippen LogP) is 3.91. The molecule has 2 aromatic carbocycles. The summed E-state index contributed by atoms with van der Waals surface area (Å²) in [5.41, 5.74) is 1.41. The highest BCUT2D eigenvalue weighted by Gasteiger charge is 2.30. The van der Waals surface area contributed by atoms with Gasteiger partial charge in [-0.15, -0.1) is 13.2 Å². The van der Waals surface area contributed by atoms with E-state index in [1.807, 2.05) is 0 Å². The molecule has 0 aliphatic carbocycles. The largest absolute Gasteiger partial charge is 0.573 e. The summed E-state index contributed by atoms with van der Waals surface area (Å²) in [4.78, 5) is 12.0. The number of fused-ring (bicyclic) bond motifs is 1. The Kier molecular flexibility index (Phi) is 4.11. The predicted molar refractivity (Wildman–Crippen MR) is 79.5 cm³/mol. The molecular weight excluding hydrogens is 325 g/mol. The number of aromatic nitrogens is 1. The van der Waals surface area contributed by atoms with Gasteiger partial charge in [0.2, 0.25) is 5.91 Å². The Balaban J connectivity index is 1.64. The second kappa shape index (κ2) is 6.23. The van der Waals surface area contributed by atoms with Gasteiger partial charge in [0.05, 0.1) is 6.42 Å². The Labute approximate surface area is 134 Å². The van der Waals surface area contributed by atoms with Gasteiger partial charge in [0, 0.05) is 11.1 Å². The molecule has 1 aromatic heterocycles. The molecule has 0 bridgehead atoms. The van der Waals surface area contributed by atoms with Crippen molar-refractivity contribution in [2.24, 2.45) is 0 Å². The maximum absolute atomic E-state index is 12.1. The lowest BCUT2D eigenvalue weighted by Crippen LogP contribution is -2.17. The highest BCUT2D eigenvalue weighted by Crippen LogP contribution is 2.24. The number of para-hydroxylation sites is 1. The highest BCUT2D eigenvalue weighted by molar-refractivity contribution is 5.94. The van der Waals surface area contributed by atoms with Crippen molar-refractivity contribution < 1.29 is 27.2 Å². The van der Waals surface area contributed by atoms with Crippen LogP contribution in [0.5, 0.6) is 5.75 Å². The number of anilines is 1. The summed E-state index contributed by atoms with van der Waals surface area (Å²) >= 11 is 0. The van der Waals surface area contributed by atoms with Gasteiger partial charge in [0.1, 0.15) is 11.4 Å². The summed E-state index contributed by atoms with van der Waals surface area (Å²) in [5, 5.41) is 7.17. The molecule has 3 rings (SSSR count). The van der Waals surface area contributed by atoms with Crippen molar-refractivity contribution in [1.82, 2.24) is 5.16 Å². The number of hydrogen-bond acceptors (Lipinski definition) is 4. The molecule has 8 heteroatoms. The van der Waals surface area contributed by atoms with Crippen LogP contribution in [0.3, 0.4) is 0 Å². The SMILES string of the molecule is O=C(Cc1noc2ccccc12)Nc1ccc(OC(F)(F)F)cc1. The van der Waals surface area contributed by atoms with E-state index in [4.69, 9.17) is 4.52 Å². The summed E-state index contributed by atoms with van der Waals surface area (Å²) < 4.78 is 45.1. The summed E-state index contributed by atoms with van der Waals surface area (Å²) in [5.74, 6) is -0.721. The van der Waals surface area contributed by atoms with E-state index in [1.165, 1.54) is 12.1 Å². The van der Waals surface area contributed by atoms with Gasteiger partial charge in [0.25, 0.3) is 0 Å². The molecule has 0 aliphatic heterocycles. The zero-order valence-corrected chi connectivity index (χ0v) is 12.1. The molecule has 3 aromatic rings. The quantitative estimate of drug-likeness (QED) is 0.785. The fraction of sp³-hybridized carbons (Fsp3) is 0.125. The van der Waals surface area contributed by atoms with Crippen LogP contribution >= 0.6 is 0 Å². The van der Waals surface area contributed by atoms with E-state index >= 15 is 0 Å². The number of hydrogen-bond donors (Lipinski definition) is 1. The minimum absolute atomic E-state index is 0.0161. The Hall–Kier alpha value is -3.03. The van der Waals surface area contributed by atoms with E-state index in [1.54, 1.807) is 24.3 Å². The smallest absolute Gasteiger partial charge is 0.406 e. The van der Waals surface area contributed by atoms with Crippen LogP contribution < -0.4 is 10.1 Å². The number of ether oxygens (including phenoxy) is 1. The van der Waals surface area contributed by atoms with Crippen molar-refractivity contribution in [3.05, 3.63) is 54.2 Å². The minimum Gasteiger partial charge on any atom is -0.406 e. The average Bonchev–Trinajstić information content (AvgIpc) is 2.91.